The highest BCUT2D eigenvalue weighted by atomic mass is 15.0. The van der Waals surface area contributed by atoms with E-state index >= 15 is 0 Å². The molecule has 0 fully saturated rings. The summed E-state index contributed by atoms with van der Waals surface area (Å²) >= 11 is 0. The van der Waals surface area contributed by atoms with Gasteiger partial charge in [-0.15, -0.1) is 0 Å². The lowest BCUT2D eigenvalue weighted by Crippen LogP contribution is -1.91. The molecule has 0 amide bonds. The fraction of sp³-hybridized carbons (Fsp3) is 0.489. The first-order valence-corrected chi connectivity index (χ1v) is 39.1. The SMILES string of the molecule is C.C.CC.CC.CC.CC.CC.CC.CC.CC.CC.CC.CC.CC.CC.CC.CC.CC.CCc1cccc2c3ccccc3n(C)c12.CCc1cccc2c3ccccc3n(C)c12.CCc1cccc2c3ccccc3n(C)c12.CCc1cccc2c3ccccc3n(C)c12.[B].[B]. The molecule has 566 valence electrons. The lowest BCUT2D eigenvalue weighted by atomic mass is 10.1. The molecule has 0 spiro atoms. The Labute approximate surface area is 628 Å². The van der Waals surface area contributed by atoms with Crippen LogP contribution in [0.1, 0.15) is 286 Å². The van der Waals surface area contributed by atoms with Gasteiger partial charge in [-0.25, -0.2) is 0 Å². The maximum Gasteiger partial charge on any atom is 0.0521 e. The van der Waals surface area contributed by atoms with Crippen molar-refractivity contribution in [3.05, 3.63) is 192 Å². The van der Waals surface area contributed by atoms with Gasteiger partial charge in [-0.2, -0.15) is 0 Å². The van der Waals surface area contributed by atoms with Crippen molar-refractivity contribution in [2.24, 2.45) is 28.2 Å². The Morgan fingerprint density at radius 3 is 0.430 bits per heavy atom. The van der Waals surface area contributed by atoms with Crippen LogP contribution in [0.3, 0.4) is 0 Å². The van der Waals surface area contributed by atoms with Crippen LogP contribution in [0.4, 0.5) is 0 Å². The number of hydrogen-bond acceptors (Lipinski definition) is 0. The molecule has 4 heterocycles. The number of hydrogen-bond donors (Lipinski definition) is 0. The predicted octanol–water partition coefficient (Wildman–Crippen LogP) is 32.5. The highest BCUT2D eigenvalue weighted by Crippen LogP contribution is 2.34. The van der Waals surface area contributed by atoms with Crippen LogP contribution in [0.5, 0.6) is 0 Å². The van der Waals surface area contributed by atoms with Crippen molar-refractivity contribution >= 4 is 104 Å². The Hall–Kier alpha value is -6.91. The monoisotopic (exact) mass is 1370 g/mol. The van der Waals surface area contributed by atoms with Crippen molar-refractivity contribution in [3.63, 3.8) is 0 Å². The third-order valence-corrected chi connectivity index (χ3v) is 13.6. The van der Waals surface area contributed by atoms with Crippen molar-refractivity contribution in [1.29, 1.82) is 0 Å². The number of benzene rings is 8. The van der Waals surface area contributed by atoms with Gasteiger partial charge >= 0.3 is 0 Å². The van der Waals surface area contributed by atoms with E-state index in [1.807, 2.05) is 222 Å². The molecule has 12 aromatic rings. The number of fused-ring (bicyclic) bond motifs is 12. The van der Waals surface area contributed by atoms with E-state index in [-0.39, 0.29) is 31.7 Å². The molecule has 0 unspecified atom stereocenters. The van der Waals surface area contributed by atoms with Gasteiger partial charge in [-0.05, 0) is 72.2 Å². The highest BCUT2D eigenvalue weighted by Gasteiger charge is 2.13. The number of nitrogens with zero attached hydrogens (tertiary/aromatic N) is 4. The van der Waals surface area contributed by atoms with Crippen LogP contribution in [-0.2, 0) is 53.9 Å². The average Bonchev–Trinajstić information content (AvgIpc) is 1.65. The highest BCUT2D eigenvalue weighted by molar-refractivity contribution is 6.11. The zero-order valence-electron chi connectivity index (χ0n) is 71.9. The van der Waals surface area contributed by atoms with Crippen molar-refractivity contribution in [3.8, 4) is 0 Å². The lowest BCUT2D eigenvalue weighted by molar-refractivity contribution is 0.995. The number of para-hydroxylation sites is 8. The normalized spacial score (nSPS) is 8.24. The van der Waals surface area contributed by atoms with Crippen LogP contribution in [0.25, 0.3) is 87.2 Å². The Morgan fingerprint density at radius 1 is 0.180 bits per heavy atom. The molecule has 4 nitrogen and oxygen atoms in total. The largest absolute Gasteiger partial charge is 0.343 e. The van der Waals surface area contributed by atoms with E-state index in [0.717, 1.165) is 25.7 Å². The Balaban J connectivity index is -0.0000000898. The minimum Gasteiger partial charge on any atom is -0.343 e. The lowest BCUT2D eigenvalue weighted by Gasteiger charge is -2.03. The fourth-order valence-electron chi connectivity index (χ4n) is 10.4. The Bertz CT molecular complexity index is 3140. The molecule has 0 saturated heterocycles. The first kappa shape index (κ1) is 120. The van der Waals surface area contributed by atoms with Crippen LogP contribution in [-0.4, -0.2) is 35.1 Å². The number of aryl methyl sites for hydroxylation is 8. The van der Waals surface area contributed by atoms with Gasteiger partial charge in [-0.3, -0.25) is 0 Å². The van der Waals surface area contributed by atoms with Gasteiger partial charge in [0.15, 0.2) is 0 Å². The molecule has 12 rings (SSSR count). The first-order chi connectivity index (χ1) is 47.3. The predicted molar refractivity (Wildman–Crippen MR) is 486 cm³/mol. The zero-order chi connectivity index (χ0) is 76.5. The summed E-state index contributed by atoms with van der Waals surface area (Å²) in [7, 11) is 8.63. The second-order valence-electron chi connectivity index (χ2n) is 17.0. The van der Waals surface area contributed by atoms with Gasteiger partial charge in [0.1, 0.15) is 0 Å². The van der Waals surface area contributed by atoms with Gasteiger partial charge in [0.25, 0.3) is 0 Å². The molecule has 0 bridgehead atoms. The van der Waals surface area contributed by atoms with Crippen molar-refractivity contribution < 1.29 is 0 Å². The zero-order valence-corrected chi connectivity index (χ0v) is 71.9. The van der Waals surface area contributed by atoms with Crippen LogP contribution >= 0.6 is 0 Å². The van der Waals surface area contributed by atoms with Crippen LogP contribution < -0.4 is 0 Å². The summed E-state index contributed by atoms with van der Waals surface area (Å²) in [5.74, 6) is 0. The maximum absolute atomic E-state index is 2.31. The third kappa shape index (κ3) is 33.3. The van der Waals surface area contributed by atoms with Gasteiger partial charge in [0, 0.05) is 110 Å². The van der Waals surface area contributed by atoms with E-state index in [0.29, 0.717) is 0 Å². The summed E-state index contributed by atoms with van der Waals surface area (Å²) in [6.07, 6.45) is 4.34. The second-order valence-corrected chi connectivity index (χ2v) is 17.0. The molecular weight excluding hydrogens is 1210 g/mol. The van der Waals surface area contributed by atoms with E-state index in [2.05, 4.69) is 244 Å². The van der Waals surface area contributed by atoms with Gasteiger partial charge < -0.3 is 18.3 Å². The minimum atomic E-state index is 0. The van der Waals surface area contributed by atoms with E-state index < -0.39 is 0 Å². The molecule has 0 N–H and O–H groups in total. The minimum absolute atomic E-state index is 0. The van der Waals surface area contributed by atoms with E-state index in [4.69, 9.17) is 0 Å². The smallest absolute Gasteiger partial charge is 0.0521 e. The van der Waals surface area contributed by atoms with Gasteiger partial charge in [0.2, 0.25) is 0 Å². The third-order valence-electron chi connectivity index (χ3n) is 13.6. The molecule has 0 aliphatic heterocycles. The molecule has 8 aromatic carbocycles. The van der Waals surface area contributed by atoms with Gasteiger partial charge in [-0.1, -0.05) is 410 Å². The Morgan fingerprint density at radius 2 is 0.300 bits per heavy atom. The van der Waals surface area contributed by atoms with Crippen molar-refractivity contribution in [1.82, 2.24) is 18.3 Å². The van der Waals surface area contributed by atoms with Crippen LogP contribution in [0.2, 0.25) is 0 Å². The molecule has 0 saturated carbocycles. The fourth-order valence-corrected chi connectivity index (χ4v) is 10.4. The van der Waals surface area contributed by atoms with Crippen LogP contribution in [0, 0.1) is 0 Å². The summed E-state index contributed by atoms with van der Waals surface area (Å²) in [4.78, 5) is 0. The maximum atomic E-state index is 2.31. The van der Waals surface area contributed by atoms with Crippen LogP contribution in [0.15, 0.2) is 170 Å². The van der Waals surface area contributed by atoms with Crippen molar-refractivity contribution in [2.75, 3.05) is 0 Å². The quantitative estimate of drug-likeness (QED) is 0.157. The summed E-state index contributed by atoms with van der Waals surface area (Å²) in [5, 5.41) is 10.9. The van der Waals surface area contributed by atoms with E-state index in [1.54, 1.807) is 0 Å². The molecule has 4 aromatic heterocycles. The summed E-state index contributed by atoms with van der Waals surface area (Å²) in [6.45, 7) is 72.9. The molecule has 0 aliphatic rings. The standard InChI is InChI=1S/4C15H15N.16C2H6.2CH4.2B/c4*1-3-11-7-6-9-13-12-8-4-5-10-14(12)16(2)15(11)13;16*1-2;;;;/h4*4-10H,3H2,1-2H3;16*1-2H3;2*1H4;;. The summed E-state index contributed by atoms with van der Waals surface area (Å²) < 4.78 is 9.24. The first-order valence-electron chi connectivity index (χ1n) is 39.1. The van der Waals surface area contributed by atoms with Gasteiger partial charge in [0.05, 0.1) is 22.1 Å². The number of aromatic nitrogens is 4. The van der Waals surface area contributed by atoms with E-state index in [9.17, 15) is 0 Å². The summed E-state index contributed by atoms with van der Waals surface area (Å²) in [6, 6.07) is 60.9. The molecule has 6 radical (unpaired) electrons. The molecule has 6 heteroatoms. The molecule has 100 heavy (non-hydrogen) atoms. The van der Waals surface area contributed by atoms with Crippen molar-refractivity contribution in [2.45, 2.75) is 290 Å². The van der Waals surface area contributed by atoms with E-state index in [1.165, 1.54) is 109 Å². The topological polar surface area (TPSA) is 19.7 Å². The Kier molecular flexibility index (Phi) is 97.3. The average molecular weight is 1370 g/mol. The molecule has 0 atom stereocenters. The second kappa shape index (κ2) is 81.1. The molecule has 0 aliphatic carbocycles. The summed E-state index contributed by atoms with van der Waals surface area (Å²) in [5.41, 5.74) is 16.5. The molecular formula is C94H164B2N4. The number of rotatable bonds is 4.